The van der Waals surface area contributed by atoms with Crippen molar-refractivity contribution in [1.82, 2.24) is 0 Å². The molecule has 2 nitrogen and oxygen atoms in total. The van der Waals surface area contributed by atoms with Gasteiger partial charge in [-0.3, -0.25) is 0 Å². The Labute approximate surface area is 370 Å². The fraction of sp³-hybridized carbons (Fsp3) is 0.360. The Morgan fingerprint density at radius 3 is 1.07 bits per heavy atom. The van der Waals surface area contributed by atoms with Gasteiger partial charge < -0.3 is 24.3 Å². The molecule has 0 atom stereocenters. The maximum atomic E-state index is 5.60. The second kappa shape index (κ2) is 22.2. The third-order valence-corrected chi connectivity index (χ3v) is 10.1. The van der Waals surface area contributed by atoms with E-state index in [9.17, 15) is 0 Å². The van der Waals surface area contributed by atoms with Crippen molar-refractivity contribution >= 4 is 53.2 Å². The van der Waals surface area contributed by atoms with Gasteiger partial charge in [-0.2, -0.15) is 12.1 Å². The van der Waals surface area contributed by atoms with Crippen molar-refractivity contribution in [3.63, 3.8) is 0 Å². The van der Waals surface area contributed by atoms with E-state index in [2.05, 4.69) is 185 Å². The summed E-state index contributed by atoms with van der Waals surface area (Å²) in [6, 6.07) is 40.4. The topological polar surface area (TPSA) is 18.5 Å². The number of rotatable bonds is 8. The molecular formula is C50H66Cl2O2SiZr-4. The van der Waals surface area contributed by atoms with Crippen LogP contribution in [-0.2, 0) is 56.5 Å². The molecule has 0 aromatic heterocycles. The van der Waals surface area contributed by atoms with Crippen molar-refractivity contribution in [2.75, 3.05) is 14.2 Å². The molecule has 0 saturated heterocycles. The van der Waals surface area contributed by atoms with E-state index in [0.29, 0.717) is 0 Å². The first-order valence-electron chi connectivity index (χ1n) is 18.3. The number of methoxy groups -OCH3 is 2. The van der Waals surface area contributed by atoms with E-state index in [1.165, 1.54) is 89.4 Å². The molecule has 56 heavy (non-hydrogen) atoms. The molecule has 6 heteroatoms. The Morgan fingerprint density at radius 2 is 0.804 bits per heavy atom. The van der Waals surface area contributed by atoms with E-state index in [0.717, 1.165) is 12.8 Å². The molecule has 6 aromatic carbocycles. The summed E-state index contributed by atoms with van der Waals surface area (Å²) >= 11 is 1.36. The normalized spacial score (nSPS) is 11.4. The summed E-state index contributed by atoms with van der Waals surface area (Å²) in [6.45, 7) is 25.1. The first kappa shape index (κ1) is 53.7. The number of hydrogen-bond donors (Lipinski definition) is 0. The van der Waals surface area contributed by atoms with Gasteiger partial charge in [0.2, 0.25) is 0 Å². The van der Waals surface area contributed by atoms with Crippen LogP contribution in [0, 0.1) is 14.9 Å². The van der Waals surface area contributed by atoms with Crippen molar-refractivity contribution in [2.24, 2.45) is 0 Å². The third kappa shape index (κ3) is 13.9. The average Bonchev–Trinajstić information content (AvgIpc) is 3.71. The van der Waals surface area contributed by atoms with Gasteiger partial charge in [-0.1, -0.05) is 113 Å². The van der Waals surface area contributed by atoms with Crippen LogP contribution in [0.2, 0.25) is 0 Å². The second-order valence-electron chi connectivity index (χ2n) is 17.3. The summed E-state index contributed by atoms with van der Waals surface area (Å²) in [6.07, 6.45) is 1.83. The van der Waals surface area contributed by atoms with Crippen molar-refractivity contribution in [3.05, 3.63) is 146 Å². The van der Waals surface area contributed by atoms with Crippen LogP contribution >= 0.6 is 24.8 Å². The summed E-state index contributed by atoms with van der Waals surface area (Å²) in [5.41, 5.74) is 10.7. The molecule has 6 rings (SSSR count). The molecule has 0 unspecified atom stereocenters. The monoisotopic (exact) mass is 886 g/mol. The molecule has 0 N–H and O–H groups in total. The maximum absolute atomic E-state index is 5.60. The molecule has 0 amide bonds. The summed E-state index contributed by atoms with van der Waals surface area (Å²) < 4.78 is 11.2. The Bertz CT molecular complexity index is 1910. The SMILES string of the molecule is COC(C)(C)Cc1cc2c(-c3ccc(C(C)(C)C)cc3)cccc2[cH-]1.COC(C)(C)Cc1cc2c(-c3ccc(C(C)(C)C)cc3)cccc2[cH-]1.Cl.Cl.[CH3-].[CH3-].[Si]=[Zr]. The van der Waals surface area contributed by atoms with E-state index in [1.807, 2.05) is 0 Å². The van der Waals surface area contributed by atoms with Gasteiger partial charge in [-0.25, -0.2) is 0 Å². The standard InChI is InChI=1S/2C24H29O.2CH3.2ClH.Si.Zr/c2*1-23(2,3)20-12-10-18(11-13-20)21-9-7-8-19-14-17(15-22(19)21)16-24(4,5)25-6;;;;;;/h2*7-15H,16H2,1-6H3;2*1H3;2*1H;;/q4*-1;;;;. The zero-order valence-corrected chi connectivity index (χ0v) is 41.5. The molecule has 0 aliphatic rings. The van der Waals surface area contributed by atoms with Gasteiger partial charge in [0.15, 0.2) is 0 Å². The number of fused-ring (bicyclic) bond motifs is 2. The van der Waals surface area contributed by atoms with E-state index >= 15 is 0 Å². The number of benzene rings is 4. The van der Waals surface area contributed by atoms with Crippen LogP contribution in [0.1, 0.15) is 91.5 Å². The van der Waals surface area contributed by atoms with Gasteiger partial charge in [-0.05, 0) is 73.6 Å². The van der Waals surface area contributed by atoms with Crippen LogP contribution in [0.15, 0.2) is 109 Å². The van der Waals surface area contributed by atoms with Crippen LogP contribution in [0.5, 0.6) is 0 Å². The quantitative estimate of drug-likeness (QED) is 0.112. The summed E-state index contributed by atoms with van der Waals surface area (Å²) in [7, 11) is 3.57. The van der Waals surface area contributed by atoms with Crippen LogP contribution in [-0.4, -0.2) is 32.3 Å². The fourth-order valence-corrected chi connectivity index (χ4v) is 6.73. The second-order valence-corrected chi connectivity index (χ2v) is 17.3. The molecule has 6 aromatic rings. The molecule has 0 aliphatic carbocycles. The van der Waals surface area contributed by atoms with Crippen LogP contribution < -0.4 is 0 Å². The summed E-state index contributed by atoms with van der Waals surface area (Å²) in [5.74, 6) is 0. The molecule has 2 radical (unpaired) electrons. The average molecular weight is 889 g/mol. The van der Waals surface area contributed by atoms with Crippen molar-refractivity contribution < 1.29 is 32.8 Å². The number of ether oxygens (including phenoxy) is 2. The third-order valence-electron chi connectivity index (χ3n) is 10.1. The molecule has 0 bridgehead atoms. The zero-order chi connectivity index (χ0) is 38.5. The predicted octanol–water partition coefficient (Wildman–Crippen LogP) is 14.3. The van der Waals surface area contributed by atoms with Crippen molar-refractivity contribution in [3.8, 4) is 22.3 Å². The predicted molar refractivity (Wildman–Crippen MR) is 250 cm³/mol. The molecule has 0 spiro atoms. The van der Waals surface area contributed by atoms with Crippen molar-refractivity contribution in [2.45, 2.75) is 104 Å². The van der Waals surface area contributed by atoms with E-state index in [1.54, 1.807) is 14.2 Å². The van der Waals surface area contributed by atoms with Crippen LogP contribution in [0.25, 0.3) is 43.8 Å². The van der Waals surface area contributed by atoms with Gasteiger partial charge in [0.25, 0.3) is 0 Å². The minimum absolute atomic E-state index is 0. The van der Waals surface area contributed by atoms with E-state index in [4.69, 9.17) is 9.47 Å². The van der Waals surface area contributed by atoms with E-state index in [-0.39, 0.29) is 61.7 Å². The van der Waals surface area contributed by atoms with Gasteiger partial charge in [-0.15, -0.1) is 93.9 Å². The number of halogens is 2. The zero-order valence-electron chi connectivity index (χ0n) is 36.4. The molecular weight excluding hydrogens is 823 g/mol. The first-order chi connectivity index (χ1) is 24.4. The first-order valence-corrected chi connectivity index (χ1v) is 22.5. The Kier molecular flexibility index (Phi) is 21.3. The Balaban J connectivity index is 0.000000968. The molecule has 0 saturated carbocycles. The summed E-state index contributed by atoms with van der Waals surface area (Å²) in [4.78, 5) is 0. The van der Waals surface area contributed by atoms with Gasteiger partial charge in [0, 0.05) is 14.2 Å². The van der Waals surface area contributed by atoms with Crippen molar-refractivity contribution in [1.29, 1.82) is 0 Å². The van der Waals surface area contributed by atoms with Gasteiger partial charge in [0.1, 0.15) is 0 Å². The summed E-state index contributed by atoms with van der Waals surface area (Å²) in [5, 5.41) is 5.26. The van der Waals surface area contributed by atoms with Gasteiger partial charge >= 0.3 is 30.2 Å². The number of hydrogen-bond acceptors (Lipinski definition) is 2. The van der Waals surface area contributed by atoms with Crippen LogP contribution in [0.3, 0.4) is 0 Å². The Morgan fingerprint density at radius 1 is 0.500 bits per heavy atom. The van der Waals surface area contributed by atoms with E-state index < -0.39 is 0 Å². The minimum atomic E-state index is -0.140. The molecule has 0 aliphatic heterocycles. The van der Waals surface area contributed by atoms with Crippen LogP contribution in [0.4, 0.5) is 0 Å². The van der Waals surface area contributed by atoms with Gasteiger partial charge in [0.05, 0.1) is 11.2 Å². The Hall–Kier alpha value is -2.30. The molecule has 304 valence electrons. The molecule has 0 heterocycles. The molecule has 0 fully saturated rings. The fourth-order valence-electron chi connectivity index (χ4n) is 6.73.